The smallest absolute Gasteiger partial charge is 0.0900 e. The highest BCUT2D eigenvalue weighted by atomic mass is 16.5. The molecule has 0 aliphatic carbocycles. The highest BCUT2D eigenvalue weighted by molar-refractivity contribution is 5.84. The lowest BCUT2D eigenvalue weighted by Gasteiger charge is -2.35. The molecule has 0 heterocycles. The summed E-state index contributed by atoms with van der Waals surface area (Å²) in [4.78, 5) is 48.2. The maximum Gasteiger partial charge on any atom is 0.0900 e. The Morgan fingerprint density at radius 3 is 0.495 bits per heavy atom. The van der Waals surface area contributed by atoms with Gasteiger partial charge in [-0.2, -0.15) is 0 Å². The first-order valence-electron chi connectivity index (χ1n) is 39.5. The Morgan fingerprint density at radius 2 is 0.376 bits per heavy atom. The van der Waals surface area contributed by atoms with E-state index in [2.05, 4.69) is 186 Å². The molecule has 101 heavy (non-hydrogen) atoms. The number of aliphatic hydroxyl groups excluding tert-OH is 4. The zero-order valence-corrected chi connectivity index (χ0v) is 69.7. The zero-order chi connectivity index (χ0) is 76.3. The molecular weight excluding hydrogens is 1270 g/mol. The fourth-order valence-electron chi connectivity index (χ4n) is 12.8. The average molecular weight is 1430 g/mol. The summed E-state index contributed by atoms with van der Waals surface area (Å²) in [6.45, 7) is 63.8. The molecular formula is C81H160N12O8. The van der Waals surface area contributed by atoms with E-state index in [4.69, 9.17) is 58.9 Å². The van der Waals surface area contributed by atoms with Gasteiger partial charge in [0.15, 0.2) is 0 Å². The van der Waals surface area contributed by atoms with Crippen molar-refractivity contribution in [1.82, 2.24) is 19.6 Å². The molecule has 0 aliphatic heterocycles. The van der Waals surface area contributed by atoms with Gasteiger partial charge in [-0.3, -0.25) is 59.5 Å². The van der Waals surface area contributed by atoms with Crippen molar-refractivity contribution in [3.05, 3.63) is 0 Å². The first kappa shape index (κ1) is 97.9. The van der Waals surface area contributed by atoms with Gasteiger partial charge in [-0.15, -0.1) is 0 Å². The first-order valence-corrected chi connectivity index (χ1v) is 39.5. The van der Waals surface area contributed by atoms with Crippen molar-refractivity contribution >= 4 is 45.7 Å². The summed E-state index contributed by atoms with van der Waals surface area (Å²) in [5.74, 6) is 4.09. The van der Waals surface area contributed by atoms with Gasteiger partial charge in [-0.25, -0.2) is 0 Å². The largest absolute Gasteiger partial charge is 0.389 e. The highest BCUT2D eigenvalue weighted by Gasteiger charge is 2.35. The Balaban J connectivity index is 7.69. The summed E-state index contributed by atoms with van der Waals surface area (Å²) in [7, 11) is 0. The summed E-state index contributed by atoms with van der Waals surface area (Å²) in [6.07, 6.45) is 4.03. The van der Waals surface area contributed by atoms with Crippen molar-refractivity contribution < 1.29 is 39.4 Å². The summed E-state index contributed by atoms with van der Waals surface area (Å²) in [5.41, 5.74) is 7.93. The van der Waals surface area contributed by atoms with Gasteiger partial charge >= 0.3 is 0 Å². The fraction of sp³-hybridized carbons (Fsp3) is 0.901. The van der Waals surface area contributed by atoms with Crippen molar-refractivity contribution in [2.24, 2.45) is 92.7 Å². The number of nitrogens with zero attached hydrogens (tertiary/aromatic N) is 12. The number of hydrogen-bond acceptors (Lipinski definition) is 20. The van der Waals surface area contributed by atoms with Gasteiger partial charge in [0, 0.05) is 124 Å². The Kier molecular flexibility index (Phi) is 57.2. The molecule has 0 saturated carbocycles. The minimum atomic E-state index is -1.04. The maximum atomic E-state index is 12.0. The first-order chi connectivity index (χ1) is 47.5. The summed E-state index contributed by atoms with van der Waals surface area (Å²) < 4.78 is 26.7. The third kappa shape index (κ3) is 59.7. The van der Waals surface area contributed by atoms with E-state index in [0.29, 0.717) is 178 Å². The number of aliphatic hydroxyl groups is 4. The van der Waals surface area contributed by atoms with Gasteiger partial charge in [0.05, 0.1) is 135 Å². The van der Waals surface area contributed by atoms with Crippen LogP contribution in [0.4, 0.5) is 0 Å². The lowest BCUT2D eigenvalue weighted by atomic mass is 9.92. The van der Waals surface area contributed by atoms with E-state index < -0.39 is 29.8 Å². The molecule has 0 bridgehead atoms. The van der Waals surface area contributed by atoms with E-state index in [1.54, 1.807) is 0 Å². The molecule has 4 atom stereocenters. The molecule has 0 aromatic carbocycles. The summed E-state index contributed by atoms with van der Waals surface area (Å²) >= 11 is 0. The second kappa shape index (κ2) is 59.0. The third-order valence-corrected chi connectivity index (χ3v) is 16.8. The fourth-order valence-corrected chi connectivity index (χ4v) is 12.8. The van der Waals surface area contributed by atoms with Crippen molar-refractivity contribution in [1.29, 1.82) is 0 Å². The second-order valence-electron chi connectivity index (χ2n) is 33.1. The van der Waals surface area contributed by atoms with Crippen LogP contribution in [0.25, 0.3) is 0 Å². The van der Waals surface area contributed by atoms with Crippen molar-refractivity contribution in [2.45, 2.75) is 242 Å². The molecule has 0 aromatic heterocycles. The molecule has 20 heteroatoms. The molecule has 592 valence electrons. The maximum absolute atomic E-state index is 12.0. The van der Waals surface area contributed by atoms with E-state index in [0.717, 1.165) is 97.1 Å². The molecule has 0 fully saturated rings. The molecule has 0 aromatic rings. The minimum Gasteiger partial charge on any atom is -0.389 e. The van der Waals surface area contributed by atoms with Crippen LogP contribution in [-0.4, -0.2) is 294 Å². The third-order valence-electron chi connectivity index (χ3n) is 16.8. The van der Waals surface area contributed by atoms with E-state index in [1.165, 1.54) is 0 Å². The quantitative estimate of drug-likeness (QED) is 0.0417. The molecule has 0 saturated heterocycles. The molecule has 4 unspecified atom stereocenters. The van der Waals surface area contributed by atoms with Crippen molar-refractivity contribution in [2.75, 3.05) is 184 Å². The minimum absolute atomic E-state index is 0.00500. The Labute approximate surface area is 620 Å². The van der Waals surface area contributed by atoms with Crippen LogP contribution in [0.1, 0.15) is 218 Å². The summed E-state index contributed by atoms with van der Waals surface area (Å²) in [6, 6.07) is 0. The van der Waals surface area contributed by atoms with E-state index in [9.17, 15) is 20.4 Å². The van der Waals surface area contributed by atoms with Gasteiger partial charge in [0.2, 0.25) is 0 Å². The van der Waals surface area contributed by atoms with E-state index in [-0.39, 0.29) is 52.9 Å². The number of ether oxygens (including phenoxy) is 4. The van der Waals surface area contributed by atoms with Crippen LogP contribution in [0.2, 0.25) is 0 Å². The molecule has 0 spiro atoms. The predicted octanol–water partition coefficient (Wildman–Crippen LogP) is 12.7. The van der Waals surface area contributed by atoms with Crippen LogP contribution in [0.15, 0.2) is 39.9 Å². The SMILES string of the molecule is CC(CC(C)C)=NCCN(CCN=C(C)CC(C)C)CC(O)COCC(COCC(O)CN(CCN=C(C)CC(C)C)CCN=C(C)CC(C)C)(COCC(O)CN(CCN=C(C)CC(C)C)CCN=C(C)CC(C)C)COCC(O)CN(CCN=C(C)CC(C)C)CCN=C(C)CC(C)C. The van der Waals surface area contributed by atoms with Gasteiger partial charge in [0.1, 0.15) is 0 Å². The predicted molar refractivity (Wildman–Crippen MR) is 435 cm³/mol. The molecule has 0 radical (unpaired) electrons. The normalized spacial score (nSPS) is 16.0. The van der Waals surface area contributed by atoms with Gasteiger partial charge in [-0.1, -0.05) is 111 Å². The second-order valence-corrected chi connectivity index (χ2v) is 33.1. The van der Waals surface area contributed by atoms with Crippen molar-refractivity contribution in [3.63, 3.8) is 0 Å². The highest BCUT2D eigenvalue weighted by Crippen LogP contribution is 2.23. The van der Waals surface area contributed by atoms with Crippen LogP contribution in [0, 0.1) is 52.8 Å². The topological polar surface area (TPSA) is 230 Å². The molecule has 0 amide bonds. The van der Waals surface area contributed by atoms with E-state index >= 15 is 0 Å². The Bertz CT molecular complexity index is 1900. The molecule has 20 nitrogen and oxygen atoms in total. The number of aliphatic imine (C=N–C) groups is 8. The van der Waals surface area contributed by atoms with Gasteiger partial charge in [-0.05, 0) is 154 Å². The zero-order valence-electron chi connectivity index (χ0n) is 69.7. The molecule has 0 rings (SSSR count). The lowest BCUT2D eigenvalue weighted by Crippen LogP contribution is -2.46. The van der Waals surface area contributed by atoms with Crippen LogP contribution >= 0.6 is 0 Å². The van der Waals surface area contributed by atoms with Crippen LogP contribution < -0.4 is 0 Å². The average Bonchev–Trinajstić information content (AvgIpc) is 0.861. The Hall–Kier alpha value is -3.12. The van der Waals surface area contributed by atoms with E-state index in [1.807, 2.05) is 0 Å². The lowest BCUT2D eigenvalue weighted by molar-refractivity contribution is -0.134. The van der Waals surface area contributed by atoms with Gasteiger partial charge in [0.25, 0.3) is 0 Å². The number of rotatable bonds is 64. The van der Waals surface area contributed by atoms with Gasteiger partial charge < -0.3 is 39.4 Å². The van der Waals surface area contributed by atoms with Crippen LogP contribution in [0.5, 0.6) is 0 Å². The number of hydrogen-bond donors (Lipinski definition) is 4. The van der Waals surface area contributed by atoms with Crippen LogP contribution in [-0.2, 0) is 18.9 Å². The Morgan fingerprint density at radius 1 is 0.248 bits per heavy atom. The summed E-state index contributed by atoms with van der Waals surface area (Å²) in [5, 5.41) is 47.8. The standard InChI is InChI=1S/C81H160N12O8/c1-61(2)41-69(17)82-25-33-90(34-26-83-70(18)42-62(3)4)49-77(94)53-98-57-81(58-99-54-78(95)50-91(35-27-84-71(19)43-63(5)6)36-28-85-72(20)44-64(7)8,59-100-55-79(96)51-92(37-29-86-73(21)45-65(9)10)38-30-87-74(22)46-66(11)12)60-101-56-80(97)52-93(39-31-88-75(23)47-67(13)14)40-32-89-76(24)48-68(15)16/h61-68,77-80,94-97H,25-60H2,1-24H3. The molecule has 0 aliphatic rings. The van der Waals surface area contributed by atoms with Crippen LogP contribution in [0.3, 0.4) is 0 Å². The van der Waals surface area contributed by atoms with Crippen molar-refractivity contribution in [3.8, 4) is 0 Å². The monoisotopic (exact) mass is 1430 g/mol. The molecule has 4 N–H and O–H groups in total.